The molecule has 0 saturated heterocycles. The molecule has 3 rings (SSSR count). The number of furan rings is 1. The van der Waals surface area contributed by atoms with Gasteiger partial charge in [0.05, 0.1) is 6.26 Å². The average molecular weight is 297 g/mol. The van der Waals surface area contributed by atoms with Crippen molar-refractivity contribution in [1.29, 1.82) is 0 Å². The first-order chi connectivity index (χ1) is 10.3. The summed E-state index contributed by atoms with van der Waals surface area (Å²) in [5, 5.41) is 9.41. The zero-order chi connectivity index (χ0) is 14.7. The van der Waals surface area contributed by atoms with Gasteiger partial charge in [-0.2, -0.15) is 0 Å². The Morgan fingerprint density at radius 2 is 2.00 bits per heavy atom. The van der Waals surface area contributed by atoms with E-state index in [2.05, 4.69) is 16.8 Å². The summed E-state index contributed by atoms with van der Waals surface area (Å²) < 4.78 is 7.48. The summed E-state index contributed by atoms with van der Waals surface area (Å²) in [6.07, 6.45) is 1.64. The highest BCUT2D eigenvalue weighted by Gasteiger charge is 2.17. The molecule has 0 fully saturated rings. The third-order valence-corrected chi connectivity index (χ3v) is 4.00. The molecule has 4 nitrogen and oxygen atoms in total. The average Bonchev–Trinajstić information content (AvgIpc) is 3.15. The number of hydrogen-bond acceptors (Lipinski definition) is 4. The first-order valence-corrected chi connectivity index (χ1v) is 7.56. The van der Waals surface area contributed by atoms with Gasteiger partial charge in [0.15, 0.2) is 10.9 Å². The fourth-order valence-corrected chi connectivity index (χ4v) is 2.72. The number of hydrogen-bond donors (Lipinski definition) is 0. The summed E-state index contributed by atoms with van der Waals surface area (Å²) in [5.74, 6) is 2.22. The maximum atomic E-state index is 5.47. The van der Waals surface area contributed by atoms with Crippen LogP contribution in [0.3, 0.4) is 0 Å². The number of rotatable bonds is 5. The predicted molar refractivity (Wildman–Crippen MR) is 84.6 cm³/mol. The van der Waals surface area contributed by atoms with Crippen LogP contribution in [0.4, 0.5) is 0 Å². The molecule has 2 heterocycles. The Kier molecular flexibility index (Phi) is 3.92. The molecule has 0 atom stereocenters. The lowest BCUT2D eigenvalue weighted by Gasteiger charge is -2.08. The molecule has 0 amide bonds. The Labute approximate surface area is 127 Å². The van der Waals surface area contributed by atoms with Gasteiger partial charge >= 0.3 is 0 Å². The van der Waals surface area contributed by atoms with Crippen LogP contribution in [0.1, 0.15) is 6.92 Å². The first kappa shape index (κ1) is 13.7. The highest BCUT2D eigenvalue weighted by atomic mass is 32.2. The number of benzene rings is 1. The van der Waals surface area contributed by atoms with E-state index in [-0.39, 0.29) is 0 Å². The van der Waals surface area contributed by atoms with Crippen LogP contribution in [0.5, 0.6) is 0 Å². The first-order valence-electron chi connectivity index (χ1n) is 6.57. The summed E-state index contributed by atoms with van der Waals surface area (Å²) >= 11 is 1.62. The molecule has 1 aromatic carbocycles. The highest BCUT2D eigenvalue weighted by molar-refractivity contribution is 7.99. The van der Waals surface area contributed by atoms with E-state index in [1.165, 1.54) is 0 Å². The van der Waals surface area contributed by atoms with Crippen molar-refractivity contribution in [3.63, 3.8) is 0 Å². The van der Waals surface area contributed by atoms with E-state index >= 15 is 0 Å². The van der Waals surface area contributed by atoms with Crippen LogP contribution in [-0.2, 0) is 0 Å². The van der Waals surface area contributed by atoms with Gasteiger partial charge in [-0.25, -0.2) is 0 Å². The summed E-state index contributed by atoms with van der Waals surface area (Å²) in [6, 6.07) is 13.8. The molecule has 0 aliphatic rings. The molecule has 0 bridgehead atoms. The lowest BCUT2D eigenvalue weighted by molar-refractivity contribution is 0.575. The normalized spacial score (nSPS) is 10.7. The maximum absolute atomic E-state index is 5.47. The van der Waals surface area contributed by atoms with Gasteiger partial charge in [0.25, 0.3) is 0 Å². The van der Waals surface area contributed by atoms with Crippen molar-refractivity contribution in [2.75, 3.05) is 5.75 Å². The van der Waals surface area contributed by atoms with Crippen molar-refractivity contribution in [1.82, 2.24) is 14.8 Å². The summed E-state index contributed by atoms with van der Waals surface area (Å²) in [7, 11) is 0. The topological polar surface area (TPSA) is 43.9 Å². The smallest absolute Gasteiger partial charge is 0.205 e. The maximum Gasteiger partial charge on any atom is 0.205 e. The van der Waals surface area contributed by atoms with Crippen molar-refractivity contribution < 1.29 is 4.42 Å². The number of aromatic nitrogens is 3. The molecule has 106 valence electrons. The van der Waals surface area contributed by atoms with Crippen molar-refractivity contribution in [3.8, 4) is 17.3 Å². The fourth-order valence-electron chi connectivity index (χ4n) is 1.93. The third-order valence-electron chi connectivity index (χ3n) is 2.84. The Hall–Kier alpha value is -2.27. The van der Waals surface area contributed by atoms with Gasteiger partial charge < -0.3 is 4.42 Å². The van der Waals surface area contributed by atoms with E-state index in [1.54, 1.807) is 18.0 Å². The Bertz CT molecular complexity index is 732. The molecule has 0 spiro atoms. The molecule has 0 aliphatic carbocycles. The standard InChI is InChI=1S/C16H15N3OS/c1-12(2)11-21-16-18-17-15(14-9-6-10-20-14)19(16)13-7-4-3-5-8-13/h3-10H,1,11H2,2H3. The Morgan fingerprint density at radius 3 is 2.67 bits per heavy atom. The van der Waals surface area contributed by atoms with Gasteiger partial charge in [0.1, 0.15) is 0 Å². The SMILES string of the molecule is C=C(C)CSc1nnc(-c2ccco2)n1-c1ccccc1. The molecule has 0 radical (unpaired) electrons. The van der Waals surface area contributed by atoms with Gasteiger partial charge in [-0.1, -0.05) is 42.1 Å². The minimum Gasteiger partial charge on any atom is -0.461 e. The summed E-state index contributed by atoms with van der Waals surface area (Å²) in [5.41, 5.74) is 2.11. The molecular formula is C16H15N3OS. The van der Waals surface area contributed by atoms with Gasteiger partial charge in [0, 0.05) is 11.4 Å². The quantitative estimate of drug-likeness (QED) is 0.523. The van der Waals surface area contributed by atoms with Crippen molar-refractivity contribution in [2.24, 2.45) is 0 Å². The van der Waals surface area contributed by atoms with E-state index < -0.39 is 0 Å². The molecule has 21 heavy (non-hydrogen) atoms. The zero-order valence-corrected chi connectivity index (χ0v) is 12.5. The van der Waals surface area contributed by atoms with Gasteiger partial charge in [-0.15, -0.1) is 10.2 Å². The largest absolute Gasteiger partial charge is 0.461 e. The Morgan fingerprint density at radius 1 is 1.19 bits per heavy atom. The lowest BCUT2D eigenvalue weighted by Crippen LogP contribution is -1.99. The second-order valence-corrected chi connectivity index (χ2v) is 5.64. The Balaban J connectivity index is 2.08. The van der Waals surface area contributed by atoms with Crippen molar-refractivity contribution in [2.45, 2.75) is 12.1 Å². The van der Waals surface area contributed by atoms with Crippen LogP contribution in [0.2, 0.25) is 0 Å². The number of thioether (sulfide) groups is 1. The van der Waals surface area contributed by atoms with Gasteiger partial charge in [-0.05, 0) is 31.2 Å². The molecule has 3 aromatic rings. The highest BCUT2D eigenvalue weighted by Crippen LogP contribution is 2.28. The fraction of sp³-hybridized carbons (Fsp3) is 0.125. The molecular weight excluding hydrogens is 282 g/mol. The minimum atomic E-state index is 0.702. The van der Waals surface area contributed by atoms with Crippen LogP contribution >= 0.6 is 11.8 Å². The monoisotopic (exact) mass is 297 g/mol. The van der Waals surface area contributed by atoms with Gasteiger partial charge in [0.2, 0.25) is 5.82 Å². The second kappa shape index (κ2) is 6.01. The molecule has 0 saturated carbocycles. The number of nitrogens with zero attached hydrogens (tertiary/aromatic N) is 3. The molecule has 0 N–H and O–H groups in total. The predicted octanol–water partition coefficient (Wildman–Crippen LogP) is 4.20. The van der Waals surface area contributed by atoms with E-state index in [0.29, 0.717) is 11.6 Å². The number of para-hydroxylation sites is 1. The molecule has 0 aliphatic heterocycles. The lowest BCUT2D eigenvalue weighted by atomic mass is 10.3. The minimum absolute atomic E-state index is 0.702. The van der Waals surface area contributed by atoms with E-state index in [9.17, 15) is 0 Å². The van der Waals surface area contributed by atoms with E-state index in [0.717, 1.165) is 22.2 Å². The summed E-state index contributed by atoms with van der Waals surface area (Å²) in [4.78, 5) is 0. The van der Waals surface area contributed by atoms with Crippen LogP contribution in [0.15, 0.2) is 70.5 Å². The molecule has 2 aromatic heterocycles. The summed E-state index contributed by atoms with van der Waals surface area (Å²) in [6.45, 7) is 5.94. The van der Waals surface area contributed by atoms with Crippen LogP contribution in [-0.4, -0.2) is 20.5 Å². The van der Waals surface area contributed by atoms with Crippen molar-refractivity contribution in [3.05, 3.63) is 60.9 Å². The van der Waals surface area contributed by atoms with Crippen LogP contribution in [0.25, 0.3) is 17.3 Å². The molecule has 0 unspecified atom stereocenters. The van der Waals surface area contributed by atoms with Gasteiger partial charge in [-0.3, -0.25) is 4.57 Å². The van der Waals surface area contributed by atoms with Crippen molar-refractivity contribution >= 4 is 11.8 Å². The molecule has 5 heteroatoms. The second-order valence-electron chi connectivity index (χ2n) is 4.70. The van der Waals surface area contributed by atoms with E-state index in [4.69, 9.17) is 4.42 Å². The third kappa shape index (κ3) is 2.92. The zero-order valence-electron chi connectivity index (χ0n) is 11.7. The van der Waals surface area contributed by atoms with E-state index in [1.807, 2.05) is 54.0 Å². The van der Waals surface area contributed by atoms with Crippen LogP contribution < -0.4 is 0 Å². The van der Waals surface area contributed by atoms with Crippen LogP contribution in [0, 0.1) is 0 Å².